The van der Waals surface area contributed by atoms with Crippen molar-refractivity contribution in [3.05, 3.63) is 48.5 Å². The molecule has 33 heavy (non-hydrogen) atoms. The molecule has 0 fully saturated rings. The number of esters is 1. The summed E-state index contributed by atoms with van der Waals surface area (Å²) in [7, 11) is 0. The molecule has 3 amide bonds. The van der Waals surface area contributed by atoms with Crippen molar-refractivity contribution < 1.29 is 38.5 Å². The largest absolute Gasteiger partial charge is 0.503 e. The Morgan fingerprint density at radius 1 is 1.03 bits per heavy atom. The number of hydrogen-bond donors (Lipinski definition) is 4. The minimum Gasteiger partial charge on any atom is -0.503 e. The van der Waals surface area contributed by atoms with Crippen LogP contribution in [-0.2, 0) is 23.8 Å². The maximum absolute atomic E-state index is 13.1. The number of nitrogens with two attached hydrogens (primary N) is 1. The zero-order valence-electron chi connectivity index (χ0n) is 17.4. The van der Waals surface area contributed by atoms with Crippen molar-refractivity contribution in [3.63, 3.8) is 0 Å². The number of benzene rings is 1. The van der Waals surface area contributed by atoms with E-state index in [1.165, 1.54) is 0 Å². The van der Waals surface area contributed by atoms with Crippen LogP contribution in [0.2, 0.25) is 0 Å². The van der Waals surface area contributed by atoms with Crippen molar-refractivity contribution in [2.45, 2.75) is 26.6 Å². The van der Waals surface area contributed by atoms with Crippen LogP contribution in [0.5, 0.6) is 0 Å². The number of aliphatic hydroxyl groups excluding tert-OH is 1. The van der Waals surface area contributed by atoms with E-state index < -0.39 is 41.8 Å². The van der Waals surface area contributed by atoms with Gasteiger partial charge in [-0.3, -0.25) is 19.2 Å². The van der Waals surface area contributed by atoms with Gasteiger partial charge in [0.2, 0.25) is 5.79 Å². The average Bonchev–Trinajstić information content (AvgIpc) is 2.82. The summed E-state index contributed by atoms with van der Waals surface area (Å²) < 4.78 is 15.4. The molecule has 178 valence electrons. The van der Waals surface area contributed by atoms with Crippen molar-refractivity contribution in [2.24, 2.45) is 5.73 Å². The number of primary amides is 1. The quantitative estimate of drug-likeness (QED) is 0.339. The molecule has 2 rings (SSSR count). The van der Waals surface area contributed by atoms with E-state index in [4.69, 9.17) is 15.2 Å². The number of anilines is 1. The number of amides is 3. The Morgan fingerprint density at radius 3 is 2.18 bits per heavy atom. The summed E-state index contributed by atoms with van der Waals surface area (Å²) in [5.74, 6) is -4.67. The van der Waals surface area contributed by atoms with E-state index >= 15 is 0 Å². The molecule has 1 aromatic rings. The van der Waals surface area contributed by atoms with Gasteiger partial charge in [-0.25, -0.2) is 0 Å². The molecule has 5 N–H and O–H groups in total. The molecule has 0 saturated heterocycles. The standard InChI is InChI=1S/C19H18Br3N3O8/c1-7(26)31-6-10(28)25-16-14(21)11(17(23)29)13(20)12(15(16)22)18(30)24-8-4-32-19(2,3)33-5-9(8)27/h4-5,27H,6H2,1-3H3,(H2,23,29)(H,24,30)(H,25,28). The average molecular weight is 656 g/mol. The maximum atomic E-state index is 13.1. The van der Waals surface area contributed by atoms with Gasteiger partial charge >= 0.3 is 5.97 Å². The third kappa shape index (κ3) is 6.48. The summed E-state index contributed by atoms with van der Waals surface area (Å²) in [6.45, 7) is 3.71. The van der Waals surface area contributed by atoms with Crippen molar-refractivity contribution >= 4 is 77.2 Å². The number of halogens is 3. The Balaban J connectivity index is 2.51. The van der Waals surface area contributed by atoms with Crippen LogP contribution in [0.25, 0.3) is 0 Å². The van der Waals surface area contributed by atoms with Crippen LogP contribution in [0.3, 0.4) is 0 Å². The topological polar surface area (TPSA) is 166 Å². The van der Waals surface area contributed by atoms with Crippen LogP contribution < -0.4 is 16.4 Å². The fraction of sp³-hybridized carbons (Fsp3) is 0.263. The monoisotopic (exact) mass is 653 g/mol. The lowest BCUT2D eigenvalue weighted by atomic mass is 10.1. The van der Waals surface area contributed by atoms with Crippen LogP contribution in [0.15, 0.2) is 37.4 Å². The third-order valence-corrected chi connectivity index (χ3v) is 6.28. The fourth-order valence-corrected chi connectivity index (χ4v) is 5.30. The van der Waals surface area contributed by atoms with E-state index in [1.54, 1.807) is 13.8 Å². The van der Waals surface area contributed by atoms with E-state index in [2.05, 4.69) is 63.2 Å². The Hall–Kier alpha value is -2.58. The molecule has 0 spiro atoms. The van der Waals surface area contributed by atoms with Crippen LogP contribution >= 0.6 is 47.8 Å². The minimum atomic E-state index is -1.10. The Bertz CT molecular complexity index is 1100. The van der Waals surface area contributed by atoms with Gasteiger partial charge in [0, 0.05) is 25.2 Å². The van der Waals surface area contributed by atoms with Gasteiger partial charge in [0.05, 0.1) is 25.8 Å². The molecule has 1 aliphatic heterocycles. The molecule has 14 heteroatoms. The van der Waals surface area contributed by atoms with E-state index in [9.17, 15) is 24.3 Å². The number of rotatable bonds is 6. The van der Waals surface area contributed by atoms with E-state index in [0.717, 1.165) is 19.4 Å². The molecule has 0 aromatic heterocycles. The number of carbonyl (C=O) groups is 4. The number of ether oxygens (including phenoxy) is 3. The first-order chi connectivity index (χ1) is 15.2. The number of nitrogens with one attached hydrogen (secondary N) is 2. The summed E-state index contributed by atoms with van der Waals surface area (Å²) in [6.07, 6.45) is 2.09. The fourth-order valence-electron chi connectivity index (χ4n) is 2.36. The molecule has 0 saturated carbocycles. The number of carbonyl (C=O) groups excluding carboxylic acids is 4. The van der Waals surface area contributed by atoms with Crippen LogP contribution in [0.4, 0.5) is 5.69 Å². The highest BCUT2D eigenvalue weighted by Gasteiger charge is 2.30. The van der Waals surface area contributed by atoms with Gasteiger partial charge in [-0.1, -0.05) is 0 Å². The molecular weight excluding hydrogens is 638 g/mol. The summed E-state index contributed by atoms with van der Waals surface area (Å²) in [4.78, 5) is 48.3. The van der Waals surface area contributed by atoms with Gasteiger partial charge in [-0.2, -0.15) is 0 Å². The Morgan fingerprint density at radius 2 is 1.61 bits per heavy atom. The van der Waals surface area contributed by atoms with Crippen LogP contribution in [0, 0.1) is 0 Å². The van der Waals surface area contributed by atoms with Gasteiger partial charge < -0.3 is 35.7 Å². The first-order valence-electron chi connectivity index (χ1n) is 8.95. The zero-order valence-corrected chi connectivity index (χ0v) is 22.1. The highest BCUT2D eigenvalue weighted by molar-refractivity contribution is 9.11. The van der Waals surface area contributed by atoms with E-state index in [-0.39, 0.29) is 35.9 Å². The van der Waals surface area contributed by atoms with E-state index in [0.29, 0.717) is 0 Å². The molecular formula is C19H18Br3N3O8. The lowest BCUT2D eigenvalue weighted by Gasteiger charge is -2.21. The number of hydrogen-bond acceptors (Lipinski definition) is 8. The molecule has 1 aliphatic rings. The van der Waals surface area contributed by atoms with Gasteiger partial charge in [0.1, 0.15) is 18.2 Å². The second kappa shape index (κ2) is 10.6. The maximum Gasteiger partial charge on any atom is 0.303 e. The summed E-state index contributed by atoms with van der Waals surface area (Å²) in [5, 5.41) is 15.0. The summed E-state index contributed by atoms with van der Waals surface area (Å²) >= 11 is 9.63. The predicted molar refractivity (Wildman–Crippen MR) is 126 cm³/mol. The molecule has 11 nitrogen and oxygen atoms in total. The molecule has 1 heterocycles. The van der Waals surface area contributed by atoms with E-state index in [1.807, 2.05) is 0 Å². The smallest absolute Gasteiger partial charge is 0.303 e. The second-order valence-corrected chi connectivity index (χ2v) is 9.26. The van der Waals surface area contributed by atoms with Gasteiger partial charge in [-0.15, -0.1) is 0 Å². The molecule has 0 radical (unpaired) electrons. The minimum absolute atomic E-state index is 0.000533. The van der Waals surface area contributed by atoms with Gasteiger partial charge in [0.25, 0.3) is 17.7 Å². The van der Waals surface area contributed by atoms with Crippen molar-refractivity contribution in [1.29, 1.82) is 0 Å². The van der Waals surface area contributed by atoms with Crippen molar-refractivity contribution in [3.8, 4) is 0 Å². The predicted octanol–water partition coefficient (Wildman–Crippen LogP) is 3.33. The van der Waals surface area contributed by atoms with Crippen molar-refractivity contribution in [2.75, 3.05) is 11.9 Å². The molecule has 0 unspecified atom stereocenters. The lowest BCUT2D eigenvalue weighted by Crippen LogP contribution is -2.28. The highest BCUT2D eigenvalue weighted by atomic mass is 79.9. The van der Waals surface area contributed by atoms with Gasteiger partial charge in [-0.05, 0) is 47.8 Å². The normalized spacial score (nSPS) is 14.5. The summed E-state index contributed by atoms with van der Waals surface area (Å²) in [6, 6.07) is 0. The lowest BCUT2D eigenvalue weighted by molar-refractivity contribution is -0.145. The van der Waals surface area contributed by atoms with Crippen molar-refractivity contribution in [1.82, 2.24) is 5.32 Å². The SMILES string of the molecule is CC(=O)OCC(=O)Nc1c(Br)c(C(N)=O)c(Br)c(C(=O)NC2=COC(C)(C)OC=C2O)c1Br. The first kappa shape index (κ1) is 26.7. The first-order valence-corrected chi connectivity index (χ1v) is 11.3. The third-order valence-electron chi connectivity index (χ3n) is 3.90. The number of aliphatic hydroxyl groups is 1. The Labute approximate surface area is 213 Å². The summed E-state index contributed by atoms with van der Waals surface area (Å²) in [5.41, 5.74) is 5.01. The Kier molecular flexibility index (Phi) is 8.54. The van der Waals surface area contributed by atoms with Crippen LogP contribution in [-0.4, -0.2) is 41.2 Å². The van der Waals surface area contributed by atoms with Crippen LogP contribution in [0.1, 0.15) is 41.5 Å². The second-order valence-electron chi connectivity index (χ2n) is 6.88. The molecule has 0 aliphatic carbocycles. The van der Waals surface area contributed by atoms with Gasteiger partial charge in [0.15, 0.2) is 12.4 Å². The molecule has 0 atom stereocenters. The molecule has 0 bridgehead atoms. The zero-order chi connectivity index (χ0) is 25.1. The highest BCUT2D eigenvalue weighted by Crippen LogP contribution is 2.42. The molecule has 1 aromatic carbocycles.